The molecule has 1 aliphatic rings. The Balaban J connectivity index is 1.64. The zero-order valence-corrected chi connectivity index (χ0v) is 15.1. The molecule has 0 atom stereocenters. The van der Waals surface area contributed by atoms with Crippen molar-refractivity contribution in [3.8, 4) is 0 Å². The summed E-state index contributed by atoms with van der Waals surface area (Å²) in [5, 5.41) is 2.85. The number of nitrogens with one attached hydrogen (secondary N) is 1. The summed E-state index contributed by atoms with van der Waals surface area (Å²) < 4.78 is 23.6. The monoisotopic (exact) mass is 359 g/mol. The molecule has 0 saturated carbocycles. The van der Waals surface area contributed by atoms with Gasteiger partial charge in [0.05, 0.1) is 21.9 Å². The number of amides is 1. The SMILES string of the molecule is CCS(=O)(=O)c1ccc(CNC(=O)c2cnc3c(c2)CN(C)C3)cc1. The summed E-state index contributed by atoms with van der Waals surface area (Å²) in [5.41, 5.74) is 3.49. The van der Waals surface area contributed by atoms with Crippen LogP contribution in [0.5, 0.6) is 0 Å². The number of aromatic nitrogens is 1. The fourth-order valence-electron chi connectivity index (χ4n) is 2.81. The highest BCUT2D eigenvalue weighted by molar-refractivity contribution is 7.91. The Hall–Kier alpha value is -2.25. The highest BCUT2D eigenvalue weighted by atomic mass is 32.2. The van der Waals surface area contributed by atoms with Gasteiger partial charge >= 0.3 is 0 Å². The third-order valence-electron chi connectivity index (χ3n) is 4.30. The summed E-state index contributed by atoms with van der Waals surface area (Å²) in [6.07, 6.45) is 1.60. The predicted molar refractivity (Wildman–Crippen MR) is 94.7 cm³/mol. The average molecular weight is 359 g/mol. The van der Waals surface area contributed by atoms with Crippen LogP contribution in [0, 0.1) is 0 Å². The Kier molecular flexibility index (Phi) is 4.87. The quantitative estimate of drug-likeness (QED) is 0.880. The molecule has 2 heterocycles. The number of carbonyl (C=O) groups is 1. The van der Waals surface area contributed by atoms with Crippen LogP contribution in [0.2, 0.25) is 0 Å². The number of pyridine rings is 1. The molecular weight excluding hydrogens is 338 g/mol. The van der Waals surface area contributed by atoms with Crippen LogP contribution >= 0.6 is 0 Å². The first kappa shape index (κ1) is 17.6. The van der Waals surface area contributed by atoms with Crippen molar-refractivity contribution in [2.75, 3.05) is 12.8 Å². The summed E-state index contributed by atoms with van der Waals surface area (Å²) in [6.45, 7) is 3.56. The molecule has 3 rings (SSSR count). The zero-order chi connectivity index (χ0) is 18.0. The molecule has 1 aliphatic heterocycles. The Morgan fingerprint density at radius 3 is 2.64 bits per heavy atom. The summed E-state index contributed by atoms with van der Waals surface area (Å²) in [4.78, 5) is 19.1. The Bertz CT molecular complexity index is 892. The van der Waals surface area contributed by atoms with Gasteiger partial charge in [0.1, 0.15) is 0 Å². The fraction of sp³-hybridized carbons (Fsp3) is 0.333. The first-order valence-electron chi connectivity index (χ1n) is 8.15. The lowest BCUT2D eigenvalue weighted by molar-refractivity contribution is 0.0950. The fourth-order valence-corrected chi connectivity index (χ4v) is 3.69. The molecule has 0 spiro atoms. The molecule has 0 radical (unpaired) electrons. The van der Waals surface area contributed by atoms with Gasteiger partial charge in [0, 0.05) is 25.8 Å². The summed E-state index contributed by atoms with van der Waals surface area (Å²) in [6, 6.07) is 8.48. The van der Waals surface area contributed by atoms with Crippen molar-refractivity contribution in [2.45, 2.75) is 31.5 Å². The molecule has 1 amide bonds. The van der Waals surface area contributed by atoms with E-state index in [0.717, 1.165) is 29.9 Å². The van der Waals surface area contributed by atoms with E-state index in [4.69, 9.17) is 0 Å². The molecule has 1 aromatic heterocycles. The van der Waals surface area contributed by atoms with Gasteiger partial charge in [0.25, 0.3) is 5.91 Å². The van der Waals surface area contributed by atoms with Crippen molar-refractivity contribution in [2.24, 2.45) is 0 Å². The molecule has 6 nitrogen and oxygen atoms in total. The summed E-state index contributed by atoms with van der Waals surface area (Å²) in [5.74, 6) is -0.112. The molecule has 25 heavy (non-hydrogen) atoms. The van der Waals surface area contributed by atoms with Gasteiger partial charge in [-0.25, -0.2) is 8.42 Å². The topological polar surface area (TPSA) is 79.4 Å². The Labute approximate surface area is 147 Å². The minimum atomic E-state index is -3.20. The van der Waals surface area contributed by atoms with Gasteiger partial charge in [-0.15, -0.1) is 0 Å². The van der Waals surface area contributed by atoms with E-state index in [1.165, 1.54) is 0 Å². The normalized spacial score (nSPS) is 14.3. The number of nitrogens with zero attached hydrogens (tertiary/aromatic N) is 2. The maximum Gasteiger partial charge on any atom is 0.253 e. The van der Waals surface area contributed by atoms with Crippen molar-refractivity contribution in [3.63, 3.8) is 0 Å². The first-order chi connectivity index (χ1) is 11.9. The van der Waals surface area contributed by atoms with Crippen molar-refractivity contribution < 1.29 is 13.2 Å². The Morgan fingerprint density at radius 1 is 1.24 bits per heavy atom. The van der Waals surface area contributed by atoms with E-state index in [1.807, 2.05) is 13.1 Å². The lowest BCUT2D eigenvalue weighted by Gasteiger charge is -2.07. The van der Waals surface area contributed by atoms with E-state index in [1.54, 1.807) is 37.4 Å². The van der Waals surface area contributed by atoms with Crippen molar-refractivity contribution in [1.29, 1.82) is 0 Å². The third kappa shape index (κ3) is 3.88. The number of hydrogen-bond donors (Lipinski definition) is 1. The van der Waals surface area contributed by atoms with Crippen LogP contribution in [-0.4, -0.2) is 37.0 Å². The van der Waals surface area contributed by atoms with Gasteiger partial charge in [-0.3, -0.25) is 14.7 Å². The molecule has 1 N–H and O–H groups in total. The van der Waals surface area contributed by atoms with Gasteiger partial charge in [-0.05, 0) is 36.4 Å². The summed E-state index contributed by atoms with van der Waals surface area (Å²) >= 11 is 0. The van der Waals surface area contributed by atoms with Crippen molar-refractivity contribution >= 4 is 15.7 Å². The average Bonchev–Trinajstić information content (AvgIpc) is 2.99. The van der Waals surface area contributed by atoms with Gasteiger partial charge in [-0.1, -0.05) is 19.1 Å². The molecular formula is C18H21N3O3S. The van der Waals surface area contributed by atoms with Gasteiger partial charge in [0.15, 0.2) is 9.84 Å². The number of hydrogen-bond acceptors (Lipinski definition) is 5. The number of carbonyl (C=O) groups excluding carboxylic acids is 1. The van der Waals surface area contributed by atoms with Crippen LogP contribution in [0.15, 0.2) is 41.4 Å². The standard InChI is InChI=1S/C18H21N3O3S/c1-3-25(23,24)16-6-4-13(5-7-16)9-20-18(22)14-8-15-11-21(2)12-17(15)19-10-14/h4-8,10H,3,9,11-12H2,1-2H3,(H,20,22). The van der Waals surface area contributed by atoms with Crippen LogP contribution in [0.4, 0.5) is 0 Å². The molecule has 2 aromatic rings. The van der Waals surface area contributed by atoms with Gasteiger partial charge in [-0.2, -0.15) is 0 Å². The van der Waals surface area contributed by atoms with E-state index in [2.05, 4.69) is 15.2 Å². The zero-order valence-electron chi connectivity index (χ0n) is 14.3. The van der Waals surface area contributed by atoms with Crippen molar-refractivity contribution in [1.82, 2.24) is 15.2 Å². The minimum absolute atomic E-state index is 0.0730. The maximum atomic E-state index is 12.3. The van der Waals surface area contributed by atoms with E-state index in [0.29, 0.717) is 17.0 Å². The lowest BCUT2D eigenvalue weighted by Crippen LogP contribution is -2.23. The molecule has 7 heteroatoms. The molecule has 132 valence electrons. The van der Waals surface area contributed by atoms with Crippen molar-refractivity contribution in [3.05, 3.63) is 58.9 Å². The molecule has 0 fully saturated rings. The van der Waals surface area contributed by atoms with Crippen LogP contribution < -0.4 is 5.32 Å². The number of benzene rings is 1. The maximum absolute atomic E-state index is 12.3. The number of sulfone groups is 1. The van der Waals surface area contributed by atoms with E-state index >= 15 is 0 Å². The minimum Gasteiger partial charge on any atom is -0.348 e. The van der Waals surface area contributed by atoms with E-state index in [-0.39, 0.29) is 11.7 Å². The number of rotatable bonds is 5. The Morgan fingerprint density at radius 2 is 1.96 bits per heavy atom. The van der Waals surface area contributed by atoms with Crippen LogP contribution in [0.3, 0.4) is 0 Å². The van der Waals surface area contributed by atoms with E-state index in [9.17, 15) is 13.2 Å². The van der Waals surface area contributed by atoms with Crippen LogP contribution in [0.1, 0.15) is 34.1 Å². The van der Waals surface area contributed by atoms with E-state index < -0.39 is 9.84 Å². The largest absolute Gasteiger partial charge is 0.348 e. The smallest absolute Gasteiger partial charge is 0.253 e. The molecule has 1 aromatic carbocycles. The molecule has 0 aliphatic carbocycles. The highest BCUT2D eigenvalue weighted by Gasteiger charge is 2.18. The van der Waals surface area contributed by atoms with Gasteiger partial charge in [0.2, 0.25) is 0 Å². The van der Waals surface area contributed by atoms with Gasteiger partial charge < -0.3 is 5.32 Å². The molecule has 0 unspecified atom stereocenters. The van der Waals surface area contributed by atoms with Crippen LogP contribution in [0.25, 0.3) is 0 Å². The lowest BCUT2D eigenvalue weighted by atomic mass is 10.1. The van der Waals surface area contributed by atoms with Crippen LogP contribution in [-0.2, 0) is 29.5 Å². The second kappa shape index (κ2) is 6.93. The second-order valence-corrected chi connectivity index (χ2v) is 8.51. The third-order valence-corrected chi connectivity index (χ3v) is 6.05. The number of fused-ring (bicyclic) bond motifs is 1. The first-order valence-corrected chi connectivity index (χ1v) is 9.80. The molecule has 0 bridgehead atoms. The summed E-state index contributed by atoms with van der Waals surface area (Å²) in [7, 11) is -1.18. The molecule has 0 saturated heterocycles. The predicted octanol–water partition coefficient (Wildman–Crippen LogP) is 1.75. The second-order valence-electron chi connectivity index (χ2n) is 6.23. The highest BCUT2D eigenvalue weighted by Crippen LogP contribution is 2.20.